The summed E-state index contributed by atoms with van der Waals surface area (Å²) >= 11 is 0. The Morgan fingerprint density at radius 3 is 2.00 bits per heavy atom. The molecule has 1 atom stereocenters. The molecule has 0 saturated heterocycles. The van der Waals surface area contributed by atoms with Crippen molar-refractivity contribution in [1.82, 2.24) is 10.6 Å². The van der Waals surface area contributed by atoms with Crippen LogP contribution in [0.2, 0.25) is 0 Å². The molecule has 80 valence electrons. The van der Waals surface area contributed by atoms with Crippen molar-refractivity contribution in [3.8, 4) is 0 Å². The van der Waals surface area contributed by atoms with E-state index < -0.39 is 0 Å². The van der Waals surface area contributed by atoms with Crippen LogP contribution < -0.4 is 16.4 Å². The van der Waals surface area contributed by atoms with Crippen molar-refractivity contribution >= 4 is 0 Å². The topological polar surface area (TPSA) is 50.1 Å². The van der Waals surface area contributed by atoms with E-state index in [0.717, 1.165) is 6.54 Å². The summed E-state index contributed by atoms with van der Waals surface area (Å²) in [6, 6.07) is 0.988. The quantitative estimate of drug-likeness (QED) is 0.574. The van der Waals surface area contributed by atoms with Gasteiger partial charge in [-0.15, -0.1) is 0 Å². The van der Waals surface area contributed by atoms with Gasteiger partial charge in [0, 0.05) is 30.7 Å². The highest BCUT2D eigenvalue weighted by molar-refractivity contribution is 4.88. The Hall–Kier alpha value is -0.120. The van der Waals surface area contributed by atoms with Gasteiger partial charge in [-0.1, -0.05) is 27.7 Å². The van der Waals surface area contributed by atoms with Crippen LogP contribution in [0.25, 0.3) is 0 Å². The molecule has 3 heteroatoms. The van der Waals surface area contributed by atoms with Gasteiger partial charge in [-0.05, 0) is 6.92 Å². The standard InChI is InChI=1S/C10H25N3/c1-8(2)12-7-10(5,6-11)13-9(3)4/h8-9,12-13H,6-7,11H2,1-5H3. The summed E-state index contributed by atoms with van der Waals surface area (Å²) in [7, 11) is 0. The maximum atomic E-state index is 5.74. The number of nitrogens with one attached hydrogen (secondary N) is 2. The summed E-state index contributed by atoms with van der Waals surface area (Å²) < 4.78 is 0. The van der Waals surface area contributed by atoms with Gasteiger partial charge in [-0.2, -0.15) is 0 Å². The van der Waals surface area contributed by atoms with Crippen molar-refractivity contribution < 1.29 is 0 Å². The zero-order chi connectivity index (χ0) is 10.5. The first kappa shape index (κ1) is 12.9. The molecular weight excluding hydrogens is 162 g/mol. The van der Waals surface area contributed by atoms with Gasteiger partial charge >= 0.3 is 0 Å². The number of hydrogen-bond donors (Lipinski definition) is 3. The minimum Gasteiger partial charge on any atom is -0.329 e. The van der Waals surface area contributed by atoms with E-state index in [1.54, 1.807) is 0 Å². The minimum atomic E-state index is 0.0123. The number of hydrogen-bond acceptors (Lipinski definition) is 3. The van der Waals surface area contributed by atoms with Gasteiger partial charge in [-0.3, -0.25) is 0 Å². The predicted molar refractivity (Wildman–Crippen MR) is 58.9 cm³/mol. The molecule has 4 N–H and O–H groups in total. The molecule has 3 nitrogen and oxygen atoms in total. The molecule has 0 bridgehead atoms. The van der Waals surface area contributed by atoms with Crippen LogP contribution in [-0.4, -0.2) is 30.7 Å². The maximum absolute atomic E-state index is 5.74. The van der Waals surface area contributed by atoms with E-state index in [-0.39, 0.29) is 5.54 Å². The van der Waals surface area contributed by atoms with E-state index in [4.69, 9.17) is 5.73 Å². The summed E-state index contributed by atoms with van der Waals surface area (Å²) in [4.78, 5) is 0. The average molecular weight is 187 g/mol. The van der Waals surface area contributed by atoms with Crippen LogP contribution in [0.3, 0.4) is 0 Å². The Labute approximate surface area is 82.5 Å². The van der Waals surface area contributed by atoms with Gasteiger partial charge in [0.15, 0.2) is 0 Å². The van der Waals surface area contributed by atoms with E-state index in [9.17, 15) is 0 Å². The van der Waals surface area contributed by atoms with Gasteiger partial charge in [0.05, 0.1) is 0 Å². The number of rotatable bonds is 6. The summed E-state index contributed by atoms with van der Waals surface area (Å²) in [5, 5.41) is 6.87. The first-order valence-corrected chi connectivity index (χ1v) is 5.11. The molecule has 0 aromatic heterocycles. The van der Waals surface area contributed by atoms with Crippen molar-refractivity contribution in [1.29, 1.82) is 0 Å². The lowest BCUT2D eigenvalue weighted by molar-refractivity contribution is 0.309. The molecule has 0 aliphatic carbocycles. The maximum Gasteiger partial charge on any atom is 0.0403 e. The molecule has 1 unspecified atom stereocenters. The highest BCUT2D eigenvalue weighted by Gasteiger charge is 2.22. The Morgan fingerprint density at radius 2 is 1.69 bits per heavy atom. The fraction of sp³-hybridized carbons (Fsp3) is 1.00. The van der Waals surface area contributed by atoms with E-state index in [2.05, 4.69) is 45.3 Å². The van der Waals surface area contributed by atoms with Crippen molar-refractivity contribution in [3.05, 3.63) is 0 Å². The largest absolute Gasteiger partial charge is 0.329 e. The van der Waals surface area contributed by atoms with Crippen molar-refractivity contribution in [3.63, 3.8) is 0 Å². The Balaban J connectivity index is 3.96. The number of nitrogens with two attached hydrogens (primary N) is 1. The molecule has 13 heavy (non-hydrogen) atoms. The zero-order valence-electron chi connectivity index (χ0n) is 9.65. The summed E-state index contributed by atoms with van der Waals surface area (Å²) in [6.07, 6.45) is 0. The molecule has 0 aliphatic heterocycles. The Bertz CT molecular complexity index is 134. The highest BCUT2D eigenvalue weighted by Crippen LogP contribution is 2.01. The SMILES string of the molecule is CC(C)NCC(C)(CN)NC(C)C. The Kier molecular flexibility index (Phi) is 5.53. The molecule has 0 aromatic rings. The smallest absolute Gasteiger partial charge is 0.0403 e. The molecular formula is C10H25N3. The van der Waals surface area contributed by atoms with Crippen molar-refractivity contribution in [2.24, 2.45) is 5.73 Å². The second kappa shape index (κ2) is 5.58. The van der Waals surface area contributed by atoms with Gasteiger partial charge in [0.2, 0.25) is 0 Å². The van der Waals surface area contributed by atoms with E-state index >= 15 is 0 Å². The van der Waals surface area contributed by atoms with Gasteiger partial charge in [-0.25, -0.2) is 0 Å². The molecule has 0 aromatic carbocycles. The third-order valence-electron chi connectivity index (χ3n) is 1.99. The fourth-order valence-electron chi connectivity index (χ4n) is 1.31. The molecule has 0 amide bonds. The van der Waals surface area contributed by atoms with Crippen LogP contribution in [0.15, 0.2) is 0 Å². The molecule has 0 radical (unpaired) electrons. The predicted octanol–water partition coefficient (Wildman–Crippen LogP) is 0.700. The summed E-state index contributed by atoms with van der Waals surface area (Å²) in [6.45, 7) is 12.3. The minimum absolute atomic E-state index is 0.0123. The monoisotopic (exact) mass is 187 g/mol. The normalized spacial score (nSPS) is 16.6. The van der Waals surface area contributed by atoms with Crippen molar-refractivity contribution in [2.75, 3.05) is 13.1 Å². The van der Waals surface area contributed by atoms with Crippen molar-refractivity contribution in [2.45, 2.75) is 52.2 Å². The lowest BCUT2D eigenvalue weighted by atomic mass is 10.0. The second-order valence-electron chi connectivity index (χ2n) is 4.60. The zero-order valence-corrected chi connectivity index (χ0v) is 9.65. The van der Waals surface area contributed by atoms with Gasteiger partial charge in [0.1, 0.15) is 0 Å². The van der Waals surface area contributed by atoms with Crippen LogP contribution in [0.5, 0.6) is 0 Å². The average Bonchev–Trinajstić information content (AvgIpc) is 2.00. The van der Waals surface area contributed by atoms with Crippen LogP contribution in [0, 0.1) is 0 Å². The lowest BCUT2D eigenvalue weighted by Crippen LogP contribution is -2.58. The highest BCUT2D eigenvalue weighted by atomic mass is 15.1. The van der Waals surface area contributed by atoms with E-state index in [0.29, 0.717) is 18.6 Å². The third-order valence-corrected chi connectivity index (χ3v) is 1.99. The van der Waals surface area contributed by atoms with Gasteiger partial charge < -0.3 is 16.4 Å². The molecule has 0 saturated carbocycles. The van der Waals surface area contributed by atoms with Crippen LogP contribution in [0.1, 0.15) is 34.6 Å². The van der Waals surface area contributed by atoms with E-state index in [1.165, 1.54) is 0 Å². The fourth-order valence-corrected chi connectivity index (χ4v) is 1.31. The Morgan fingerprint density at radius 1 is 1.15 bits per heavy atom. The molecule has 0 aliphatic rings. The first-order chi connectivity index (χ1) is 5.89. The van der Waals surface area contributed by atoms with E-state index in [1.807, 2.05) is 0 Å². The first-order valence-electron chi connectivity index (χ1n) is 5.11. The van der Waals surface area contributed by atoms with Crippen LogP contribution in [-0.2, 0) is 0 Å². The van der Waals surface area contributed by atoms with Crippen LogP contribution >= 0.6 is 0 Å². The molecule has 0 heterocycles. The van der Waals surface area contributed by atoms with Gasteiger partial charge in [0.25, 0.3) is 0 Å². The molecule has 0 spiro atoms. The summed E-state index contributed by atoms with van der Waals surface area (Å²) in [5.74, 6) is 0. The molecule has 0 rings (SSSR count). The van der Waals surface area contributed by atoms with Crippen LogP contribution in [0.4, 0.5) is 0 Å². The summed E-state index contributed by atoms with van der Waals surface area (Å²) in [5.41, 5.74) is 5.75. The second-order valence-corrected chi connectivity index (χ2v) is 4.60. The lowest BCUT2D eigenvalue weighted by Gasteiger charge is -2.32. The molecule has 0 fully saturated rings. The third kappa shape index (κ3) is 6.02.